The Bertz CT molecular complexity index is 592. The molecule has 1 atom stereocenters. The minimum Gasteiger partial charge on any atom is -0.396 e. The van der Waals surface area contributed by atoms with Crippen molar-refractivity contribution in [2.24, 2.45) is 5.92 Å². The van der Waals surface area contributed by atoms with E-state index in [0.717, 1.165) is 18.7 Å². The molecule has 0 aliphatic carbocycles. The van der Waals surface area contributed by atoms with Crippen LogP contribution in [0, 0.1) is 5.92 Å². The number of benzene rings is 1. The van der Waals surface area contributed by atoms with Crippen molar-refractivity contribution in [1.29, 1.82) is 0 Å². The lowest BCUT2D eigenvalue weighted by atomic mass is 10.1. The molecule has 0 bridgehead atoms. The molecule has 0 saturated carbocycles. The second-order valence-corrected chi connectivity index (χ2v) is 5.23. The number of rotatable bonds is 3. The van der Waals surface area contributed by atoms with Crippen LogP contribution in [-0.4, -0.2) is 40.2 Å². The number of nitrogens with zero attached hydrogens (tertiary/aromatic N) is 2. The van der Waals surface area contributed by atoms with Gasteiger partial charge in [0.1, 0.15) is 0 Å². The predicted octanol–water partition coefficient (Wildman–Crippen LogP) is 1.93. The summed E-state index contributed by atoms with van der Waals surface area (Å²) >= 11 is 0. The quantitative estimate of drug-likeness (QED) is 0.926. The summed E-state index contributed by atoms with van der Waals surface area (Å²) in [4.78, 5) is 14.3. The summed E-state index contributed by atoms with van der Waals surface area (Å²) in [6.45, 7) is 1.55. The lowest BCUT2D eigenvalue weighted by molar-refractivity contribution is 0.0782. The summed E-state index contributed by atoms with van der Waals surface area (Å²) in [6, 6.07) is 11.6. The number of carbonyl (C=O) groups is 1. The molecule has 104 valence electrons. The Balaban J connectivity index is 1.80. The van der Waals surface area contributed by atoms with Crippen molar-refractivity contribution in [2.45, 2.75) is 6.42 Å². The molecule has 2 heterocycles. The van der Waals surface area contributed by atoms with E-state index >= 15 is 0 Å². The van der Waals surface area contributed by atoms with E-state index in [1.807, 2.05) is 58.3 Å². The van der Waals surface area contributed by atoms with Crippen molar-refractivity contribution in [3.05, 3.63) is 54.4 Å². The number of aliphatic hydroxyl groups excluding tert-OH is 1. The summed E-state index contributed by atoms with van der Waals surface area (Å²) in [7, 11) is 0. The van der Waals surface area contributed by atoms with Crippen molar-refractivity contribution >= 4 is 5.91 Å². The molecule has 2 aromatic rings. The molecule has 1 aliphatic heterocycles. The number of hydrogen-bond donors (Lipinski definition) is 1. The minimum absolute atomic E-state index is 0.0509. The van der Waals surface area contributed by atoms with E-state index < -0.39 is 0 Å². The largest absolute Gasteiger partial charge is 0.396 e. The van der Waals surface area contributed by atoms with Crippen LogP contribution < -0.4 is 0 Å². The van der Waals surface area contributed by atoms with Crippen molar-refractivity contribution < 1.29 is 9.90 Å². The Morgan fingerprint density at radius 3 is 2.75 bits per heavy atom. The predicted molar refractivity (Wildman–Crippen MR) is 76.9 cm³/mol. The molecule has 3 rings (SSSR count). The fraction of sp³-hybridized carbons (Fsp3) is 0.312. The van der Waals surface area contributed by atoms with Gasteiger partial charge < -0.3 is 14.6 Å². The molecule has 1 amide bonds. The van der Waals surface area contributed by atoms with Gasteiger partial charge in [-0.2, -0.15) is 0 Å². The number of hydrogen-bond acceptors (Lipinski definition) is 2. The summed E-state index contributed by atoms with van der Waals surface area (Å²) in [6.07, 6.45) is 4.81. The van der Waals surface area contributed by atoms with Crippen molar-refractivity contribution in [2.75, 3.05) is 19.7 Å². The second kappa shape index (κ2) is 5.51. The van der Waals surface area contributed by atoms with Gasteiger partial charge in [0.25, 0.3) is 5.91 Å². The molecular formula is C16H18N2O2. The van der Waals surface area contributed by atoms with Crippen molar-refractivity contribution in [3.8, 4) is 5.69 Å². The highest BCUT2D eigenvalue weighted by atomic mass is 16.3. The summed E-state index contributed by atoms with van der Waals surface area (Å²) in [5.41, 5.74) is 1.69. The average Bonchev–Trinajstić information content (AvgIpc) is 3.17. The van der Waals surface area contributed by atoms with Crippen molar-refractivity contribution in [1.82, 2.24) is 9.47 Å². The van der Waals surface area contributed by atoms with Crippen LogP contribution in [0.2, 0.25) is 0 Å². The zero-order valence-corrected chi connectivity index (χ0v) is 11.3. The third-order valence-electron chi connectivity index (χ3n) is 3.83. The molecule has 4 nitrogen and oxygen atoms in total. The maximum Gasteiger partial charge on any atom is 0.253 e. The van der Waals surface area contributed by atoms with Gasteiger partial charge in [0.05, 0.1) is 0 Å². The Morgan fingerprint density at radius 1 is 1.25 bits per heavy atom. The standard InChI is InChI=1S/C16H18N2O2/c19-12-13-6-9-18(11-13)16(20)14-4-3-5-15(10-14)17-7-1-2-8-17/h1-5,7-8,10,13,19H,6,9,11-12H2. The molecule has 1 aliphatic rings. The SMILES string of the molecule is O=C(c1cccc(-n2cccc2)c1)N1CCC(CO)C1. The molecule has 1 saturated heterocycles. The zero-order chi connectivity index (χ0) is 13.9. The van der Waals surface area contributed by atoms with Crippen LogP contribution in [0.15, 0.2) is 48.8 Å². The molecule has 1 unspecified atom stereocenters. The average molecular weight is 270 g/mol. The highest BCUT2D eigenvalue weighted by molar-refractivity contribution is 5.95. The molecule has 20 heavy (non-hydrogen) atoms. The molecule has 1 fully saturated rings. The Labute approximate surface area is 118 Å². The summed E-state index contributed by atoms with van der Waals surface area (Å²) in [5.74, 6) is 0.279. The van der Waals surface area contributed by atoms with Gasteiger partial charge in [-0.3, -0.25) is 4.79 Å². The Morgan fingerprint density at radius 2 is 2.05 bits per heavy atom. The molecule has 1 aromatic heterocycles. The van der Waals surface area contributed by atoms with Crippen molar-refractivity contribution in [3.63, 3.8) is 0 Å². The van der Waals surface area contributed by atoms with E-state index in [4.69, 9.17) is 5.11 Å². The Hall–Kier alpha value is -2.07. The van der Waals surface area contributed by atoms with Gasteiger partial charge >= 0.3 is 0 Å². The first kappa shape index (κ1) is 12.9. The normalized spacial score (nSPS) is 18.4. The number of carbonyl (C=O) groups excluding carboxylic acids is 1. The van der Waals surface area contributed by atoms with Crippen LogP contribution in [0.25, 0.3) is 5.69 Å². The van der Waals surface area contributed by atoms with E-state index in [2.05, 4.69) is 0 Å². The third kappa shape index (κ3) is 2.47. The van der Waals surface area contributed by atoms with Crippen LogP contribution in [0.3, 0.4) is 0 Å². The van der Waals surface area contributed by atoms with Crippen LogP contribution in [0.4, 0.5) is 0 Å². The lowest BCUT2D eigenvalue weighted by Crippen LogP contribution is -2.29. The van der Waals surface area contributed by atoms with Gasteiger partial charge in [0, 0.05) is 49.3 Å². The monoisotopic (exact) mass is 270 g/mol. The highest BCUT2D eigenvalue weighted by Gasteiger charge is 2.26. The van der Waals surface area contributed by atoms with Crippen LogP contribution >= 0.6 is 0 Å². The molecule has 1 aromatic carbocycles. The maximum absolute atomic E-state index is 12.5. The van der Waals surface area contributed by atoms with Gasteiger partial charge in [0.2, 0.25) is 0 Å². The summed E-state index contributed by atoms with van der Waals surface area (Å²) < 4.78 is 1.98. The number of aromatic nitrogens is 1. The van der Waals surface area contributed by atoms with E-state index in [1.54, 1.807) is 0 Å². The van der Waals surface area contributed by atoms with Gasteiger partial charge in [-0.1, -0.05) is 6.07 Å². The van der Waals surface area contributed by atoms with E-state index in [9.17, 15) is 4.79 Å². The van der Waals surface area contributed by atoms with Gasteiger partial charge in [-0.25, -0.2) is 0 Å². The summed E-state index contributed by atoms with van der Waals surface area (Å²) in [5, 5.41) is 9.16. The van der Waals surface area contributed by atoms with Gasteiger partial charge in [-0.05, 0) is 36.8 Å². The van der Waals surface area contributed by atoms with Gasteiger partial charge in [-0.15, -0.1) is 0 Å². The topological polar surface area (TPSA) is 45.5 Å². The molecule has 0 radical (unpaired) electrons. The molecule has 1 N–H and O–H groups in total. The number of aliphatic hydroxyl groups is 1. The van der Waals surface area contributed by atoms with Gasteiger partial charge in [0.15, 0.2) is 0 Å². The van der Waals surface area contributed by atoms with Crippen LogP contribution in [0.5, 0.6) is 0 Å². The van der Waals surface area contributed by atoms with Crippen LogP contribution in [-0.2, 0) is 0 Å². The fourth-order valence-corrected chi connectivity index (χ4v) is 2.65. The molecule has 0 spiro atoms. The maximum atomic E-state index is 12.5. The molecular weight excluding hydrogens is 252 g/mol. The lowest BCUT2D eigenvalue weighted by Gasteiger charge is -2.16. The van der Waals surface area contributed by atoms with E-state index in [-0.39, 0.29) is 18.4 Å². The first-order valence-electron chi connectivity index (χ1n) is 6.91. The Kier molecular flexibility index (Phi) is 3.56. The second-order valence-electron chi connectivity index (χ2n) is 5.23. The zero-order valence-electron chi connectivity index (χ0n) is 11.3. The minimum atomic E-state index is 0.0509. The first-order chi connectivity index (χ1) is 9.78. The first-order valence-corrected chi connectivity index (χ1v) is 6.91. The smallest absolute Gasteiger partial charge is 0.253 e. The number of amides is 1. The fourth-order valence-electron chi connectivity index (χ4n) is 2.65. The third-order valence-corrected chi connectivity index (χ3v) is 3.83. The molecule has 4 heteroatoms. The highest BCUT2D eigenvalue weighted by Crippen LogP contribution is 2.19. The van der Waals surface area contributed by atoms with E-state index in [0.29, 0.717) is 12.1 Å². The number of likely N-dealkylation sites (tertiary alicyclic amines) is 1. The van der Waals surface area contributed by atoms with Crippen LogP contribution in [0.1, 0.15) is 16.8 Å². The van der Waals surface area contributed by atoms with E-state index in [1.165, 1.54) is 0 Å².